The van der Waals surface area contributed by atoms with Gasteiger partial charge in [0, 0.05) is 42.5 Å². The Balaban J connectivity index is 1.68. The molecular weight excluding hydrogens is 288 g/mol. The third kappa shape index (κ3) is 3.30. The molecule has 112 valence electrons. The van der Waals surface area contributed by atoms with Crippen LogP contribution in [-0.2, 0) is 4.79 Å². The van der Waals surface area contributed by atoms with Crippen molar-refractivity contribution in [2.24, 2.45) is 0 Å². The molecule has 2 aliphatic rings. The molecule has 2 saturated heterocycles. The van der Waals surface area contributed by atoms with E-state index in [9.17, 15) is 9.59 Å². The molecule has 0 radical (unpaired) electrons. The molecule has 2 heterocycles. The second kappa shape index (κ2) is 6.36. The number of hydrogen-bond acceptors (Lipinski definition) is 4. The third-order valence-electron chi connectivity index (χ3n) is 3.52. The zero-order valence-electron chi connectivity index (χ0n) is 11.6. The van der Waals surface area contributed by atoms with Crippen molar-refractivity contribution in [1.82, 2.24) is 10.6 Å². The van der Waals surface area contributed by atoms with Crippen LogP contribution in [0.2, 0.25) is 0 Å². The van der Waals surface area contributed by atoms with Gasteiger partial charge in [0.15, 0.2) is 0 Å². The van der Waals surface area contributed by atoms with Crippen molar-refractivity contribution in [3.05, 3.63) is 24.3 Å². The molecule has 0 spiro atoms. The Labute approximate surface area is 127 Å². The van der Waals surface area contributed by atoms with Crippen LogP contribution >= 0.6 is 11.8 Å². The number of benzene rings is 1. The molecule has 1 atom stereocenters. The lowest BCUT2D eigenvalue weighted by molar-refractivity contribution is -0.117. The van der Waals surface area contributed by atoms with Crippen molar-refractivity contribution < 1.29 is 9.59 Å². The van der Waals surface area contributed by atoms with Crippen LogP contribution in [0, 0.1) is 0 Å². The maximum atomic E-state index is 12.2. The van der Waals surface area contributed by atoms with E-state index in [2.05, 4.69) is 16.0 Å². The number of amides is 3. The average Bonchev–Trinajstić information content (AvgIpc) is 2.94. The summed E-state index contributed by atoms with van der Waals surface area (Å²) in [6.45, 7) is 2.16. The summed E-state index contributed by atoms with van der Waals surface area (Å²) in [6.07, 6.45) is 0. The predicted molar refractivity (Wildman–Crippen MR) is 84.9 cm³/mol. The Hall–Kier alpha value is -1.73. The van der Waals surface area contributed by atoms with Gasteiger partial charge < -0.3 is 16.0 Å². The highest BCUT2D eigenvalue weighted by molar-refractivity contribution is 7.99. The lowest BCUT2D eigenvalue weighted by atomic mass is 10.2. The first-order valence-electron chi connectivity index (χ1n) is 7.01. The topological polar surface area (TPSA) is 73.5 Å². The molecule has 0 bridgehead atoms. The molecule has 1 unspecified atom stereocenters. The Bertz CT molecular complexity index is 546. The van der Waals surface area contributed by atoms with Crippen molar-refractivity contribution in [3.8, 4) is 0 Å². The van der Waals surface area contributed by atoms with Crippen LogP contribution in [-0.4, -0.2) is 49.1 Å². The minimum Gasteiger partial charge on any atom is -0.336 e. The summed E-state index contributed by atoms with van der Waals surface area (Å²) in [5.41, 5.74) is 1.52. The fourth-order valence-corrected chi connectivity index (χ4v) is 3.37. The van der Waals surface area contributed by atoms with Crippen molar-refractivity contribution in [2.75, 3.05) is 41.4 Å². The first kappa shape index (κ1) is 14.2. The number of urea groups is 1. The van der Waals surface area contributed by atoms with Crippen LogP contribution in [0.15, 0.2) is 24.3 Å². The van der Waals surface area contributed by atoms with Crippen LogP contribution in [0.1, 0.15) is 0 Å². The molecule has 1 aromatic carbocycles. The Morgan fingerprint density at radius 2 is 2.29 bits per heavy atom. The van der Waals surface area contributed by atoms with Gasteiger partial charge in [0.05, 0.1) is 6.04 Å². The van der Waals surface area contributed by atoms with Gasteiger partial charge in [-0.3, -0.25) is 9.69 Å². The lowest BCUT2D eigenvalue weighted by Gasteiger charge is -2.22. The van der Waals surface area contributed by atoms with Gasteiger partial charge in [0.25, 0.3) is 0 Å². The number of nitrogens with one attached hydrogen (secondary N) is 3. The van der Waals surface area contributed by atoms with Crippen molar-refractivity contribution in [2.45, 2.75) is 6.04 Å². The van der Waals surface area contributed by atoms with E-state index in [0.717, 1.165) is 29.4 Å². The van der Waals surface area contributed by atoms with Crippen molar-refractivity contribution in [3.63, 3.8) is 0 Å². The predicted octanol–water partition coefficient (Wildman–Crippen LogP) is 0.860. The van der Waals surface area contributed by atoms with Gasteiger partial charge in [-0.2, -0.15) is 11.8 Å². The van der Waals surface area contributed by atoms with Crippen LogP contribution in [0.25, 0.3) is 0 Å². The minimum atomic E-state index is -0.150. The van der Waals surface area contributed by atoms with Crippen molar-refractivity contribution >= 4 is 35.1 Å². The summed E-state index contributed by atoms with van der Waals surface area (Å²) in [5, 5.41) is 8.89. The fraction of sp³-hybridized carbons (Fsp3) is 0.429. The van der Waals surface area contributed by atoms with Gasteiger partial charge in [0.2, 0.25) is 5.91 Å². The zero-order chi connectivity index (χ0) is 14.7. The smallest absolute Gasteiger partial charge is 0.321 e. The van der Waals surface area contributed by atoms with E-state index in [1.54, 1.807) is 16.7 Å². The second-order valence-electron chi connectivity index (χ2n) is 5.00. The number of hydrogen-bond donors (Lipinski definition) is 3. The molecule has 6 nitrogen and oxygen atoms in total. The Kier molecular flexibility index (Phi) is 4.31. The normalized spacial score (nSPS) is 22.0. The third-order valence-corrected chi connectivity index (χ3v) is 4.58. The molecule has 3 amide bonds. The van der Waals surface area contributed by atoms with Gasteiger partial charge >= 0.3 is 6.03 Å². The number of carbonyl (C=O) groups excluding carboxylic acids is 2. The highest BCUT2D eigenvalue weighted by Gasteiger charge is 2.23. The molecule has 0 saturated carbocycles. The number of anilines is 2. The summed E-state index contributed by atoms with van der Waals surface area (Å²) in [7, 11) is 0. The monoisotopic (exact) mass is 306 g/mol. The van der Waals surface area contributed by atoms with E-state index < -0.39 is 0 Å². The second-order valence-corrected chi connectivity index (χ2v) is 6.15. The Morgan fingerprint density at radius 3 is 3.00 bits per heavy atom. The van der Waals surface area contributed by atoms with Gasteiger partial charge in [0.1, 0.15) is 0 Å². The molecule has 2 fully saturated rings. The standard InChI is InChI=1S/C14H18N4O2S/c19-13(12-9-21-7-5-15-12)17-10-2-1-3-11(8-10)18-6-4-16-14(18)20/h1-3,8,12,15H,4-7,9H2,(H,16,20)(H,17,19). The van der Waals surface area contributed by atoms with Gasteiger partial charge in [-0.25, -0.2) is 4.79 Å². The maximum Gasteiger partial charge on any atom is 0.321 e. The summed E-state index contributed by atoms with van der Waals surface area (Å²) in [6, 6.07) is 7.14. The summed E-state index contributed by atoms with van der Waals surface area (Å²) in [5.74, 6) is 1.81. The van der Waals surface area contributed by atoms with E-state index in [-0.39, 0.29) is 18.0 Å². The lowest BCUT2D eigenvalue weighted by Crippen LogP contribution is -2.46. The number of carbonyl (C=O) groups is 2. The van der Waals surface area contributed by atoms with E-state index in [1.807, 2.05) is 24.3 Å². The molecule has 1 aromatic rings. The zero-order valence-corrected chi connectivity index (χ0v) is 12.4. The molecule has 3 rings (SSSR count). The molecule has 0 aliphatic carbocycles. The van der Waals surface area contributed by atoms with E-state index >= 15 is 0 Å². The van der Waals surface area contributed by atoms with Gasteiger partial charge in [-0.15, -0.1) is 0 Å². The first-order chi connectivity index (χ1) is 10.2. The maximum absolute atomic E-state index is 12.2. The molecule has 0 aromatic heterocycles. The summed E-state index contributed by atoms with van der Waals surface area (Å²) >= 11 is 1.78. The van der Waals surface area contributed by atoms with E-state index in [0.29, 0.717) is 13.1 Å². The molecule has 21 heavy (non-hydrogen) atoms. The molecule has 3 N–H and O–H groups in total. The first-order valence-corrected chi connectivity index (χ1v) is 8.17. The molecule has 7 heteroatoms. The molecule has 2 aliphatic heterocycles. The van der Waals surface area contributed by atoms with E-state index in [1.165, 1.54) is 0 Å². The summed E-state index contributed by atoms with van der Waals surface area (Å²) in [4.78, 5) is 25.5. The average molecular weight is 306 g/mol. The SMILES string of the molecule is O=C(Nc1cccc(N2CCNC2=O)c1)C1CSCCN1. The summed E-state index contributed by atoms with van der Waals surface area (Å²) < 4.78 is 0. The van der Waals surface area contributed by atoms with Crippen LogP contribution in [0.5, 0.6) is 0 Å². The number of nitrogens with zero attached hydrogens (tertiary/aromatic N) is 1. The molecular formula is C14H18N4O2S. The van der Waals surface area contributed by atoms with Gasteiger partial charge in [-0.05, 0) is 18.2 Å². The highest BCUT2D eigenvalue weighted by Crippen LogP contribution is 2.21. The van der Waals surface area contributed by atoms with Crippen molar-refractivity contribution in [1.29, 1.82) is 0 Å². The fourth-order valence-electron chi connectivity index (χ4n) is 2.43. The van der Waals surface area contributed by atoms with Gasteiger partial charge in [-0.1, -0.05) is 6.07 Å². The van der Waals surface area contributed by atoms with Crippen LogP contribution in [0.3, 0.4) is 0 Å². The highest BCUT2D eigenvalue weighted by atomic mass is 32.2. The minimum absolute atomic E-state index is 0.0229. The number of rotatable bonds is 3. The Morgan fingerprint density at radius 1 is 1.38 bits per heavy atom. The largest absolute Gasteiger partial charge is 0.336 e. The van der Waals surface area contributed by atoms with E-state index in [4.69, 9.17) is 0 Å². The number of thioether (sulfide) groups is 1. The quantitative estimate of drug-likeness (QED) is 0.774. The van der Waals surface area contributed by atoms with Crippen LogP contribution in [0.4, 0.5) is 16.2 Å². The van der Waals surface area contributed by atoms with Crippen LogP contribution < -0.4 is 20.9 Å².